The largest absolute Gasteiger partial charge is 0.369 e. The van der Waals surface area contributed by atoms with Gasteiger partial charge in [-0.15, -0.1) is 0 Å². The molecule has 3 heterocycles. The van der Waals surface area contributed by atoms with E-state index >= 15 is 0 Å². The number of primary amides is 1. The van der Waals surface area contributed by atoms with E-state index in [1.54, 1.807) is 23.1 Å². The molecule has 3 N–H and O–H groups in total. The number of amides is 2. The predicted molar refractivity (Wildman–Crippen MR) is 97.2 cm³/mol. The normalized spacial score (nSPS) is 19.1. The van der Waals surface area contributed by atoms with E-state index in [9.17, 15) is 14.0 Å². The first-order valence-corrected chi connectivity index (χ1v) is 9.15. The van der Waals surface area contributed by atoms with Gasteiger partial charge >= 0.3 is 0 Å². The molecule has 27 heavy (non-hydrogen) atoms. The minimum Gasteiger partial charge on any atom is -0.369 e. The molecule has 0 spiro atoms. The van der Waals surface area contributed by atoms with Gasteiger partial charge in [0.25, 0.3) is 5.91 Å². The topological polar surface area (TPSA) is 95.3 Å². The van der Waals surface area contributed by atoms with Crippen LogP contribution in [0.15, 0.2) is 30.3 Å². The van der Waals surface area contributed by atoms with Gasteiger partial charge in [-0.1, -0.05) is 0 Å². The molecule has 7 nitrogen and oxygen atoms in total. The van der Waals surface area contributed by atoms with Gasteiger partial charge in [0.15, 0.2) is 0 Å². The number of nitrogens with zero attached hydrogens (tertiary/aromatic N) is 3. The Hall–Kier alpha value is -2.74. The fourth-order valence-electron chi connectivity index (χ4n) is 3.77. The van der Waals surface area contributed by atoms with E-state index in [-0.39, 0.29) is 23.5 Å². The summed E-state index contributed by atoms with van der Waals surface area (Å²) in [6.07, 6.45) is 1.59. The quantitative estimate of drug-likeness (QED) is 0.845. The minimum absolute atomic E-state index is 0.0195. The number of likely N-dealkylation sites (tertiary alicyclic amines) is 2. The summed E-state index contributed by atoms with van der Waals surface area (Å²) in [5.74, 6) is -0.624. The van der Waals surface area contributed by atoms with Crippen molar-refractivity contribution in [3.63, 3.8) is 0 Å². The van der Waals surface area contributed by atoms with Gasteiger partial charge in [-0.05, 0) is 56.3 Å². The number of H-pyrrole nitrogens is 1. The molecule has 1 aromatic carbocycles. The average Bonchev–Trinajstić information content (AvgIpc) is 3.11. The zero-order valence-electron chi connectivity index (χ0n) is 14.9. The van der Waals surface area contributed by atoms with Crippen LogP contribution < -0.4 is 5.73 Å². The summed E-state index contributed by atoms with van der Waals surface area (Å²) in [6, 6.07) is 8.04. The minimum atomic E-state index is -0.308. The van der Waals surface area contributed by atoms with Crippen LogP contribution in [-0.2, 0) is 4.79 Å². The Labute approximate surface area is 156 Å². The highest BCUT2D eigenvalue weighted by molar-refractivity contribution is 5.94. The lowest BCUT2D eigenvalue weighted by Gasteiger charge is -2.47. The highest BCUT2D eigenvalue weighted by atomic mass is 19.1. The SMILES string of the molecule is NC(=O)C1CCN(C2CN(C(=O)c3cc(-c4ccc(F)cc4)n[nH]3)C2)CC1. The van der Waals surface area contributed by atoms with Crippen LogP contribution in [0.4, 0.5) is 4.39 Å². The van der Waals surface area contributed by atoms with E-state index in [0.29, 0.717) is 30.5 Å². The molecule has 0 unspecified atom stereocenters. The van der Waals surface area contributed by atoms with Crippen LogP contribution in [0, 0.1) is 11.7 Å². The number of rotatable bonds is 4. The number of carbonyl (C=O) groups is 2. The molecule has 0 aliphatic carbocycles. The van der Waals surface area contributed by atoms with Crippen molar-refractivity contribution in [1.29, 1.82) is 0 Å². The van der Waals surface area contributed by atoms with Gasteiger partial charge in [-0.3, -0.25) is 19.6 Å². The molecule has 2 saturated heterocycles. The molecule has 142 valence electrons. The molecule has 1 aromatic heterocycles. The van der Waals surface area contributed by atoms with E-state index in [0.717, 1.165) is 31.5 Å². The van der Waals surface area contributed by atoms with Crippen molar-refractivity contribution >= 4 is 11.8 Å². The Morgan fingerprint density at radius 3 is 2.44 bits per heavy atom. The van der Waals surface area contributed by atoms with Gasteiger partial charge in [0.2, 0.25) is 5.91 Å². The lowest BCUT2D eigenvalue weighted by atomic mass is 9.93. The van der Waals surface area contributed by atoms with Crippen molar-refractivity contribution in [1.82, 2.24) is 20.0 Å². The van der Waals surface area contributed by atoms with Gasteiger partial charge < -0.3 is 10.6 Å². The highest BCUT2D eigenvalue weighted by Crippen LogP contribution is 2.25. The molecule has 0 radical (unpaired) electrons. The van der Waals surface area contributed by atoms with E-state index in [1.165, 1.54) is 12.1 Å². The van der Waals surface area contributed by atoms with Crippen molar-refractivity contribution in [3.05, 3.63) is 41.8 Å². The van der Waals surface area contributed by atoms with Gasteiger partial charge in [-0.25, -0.2) is 4.39 Å². The standard InChI is InChI=1S/C19H22FN5O2/c20-14-3-1-12(2-4-14)16-9-17(23-22-16)19(27)25-10-15(11-25)24-7-5-13(6-8-24)18(21)26/h1-4,9,13,15H,5-8,10-11H2,(H2,21,26)(H,22,23). The molecule has 0 bridgehead atoms. The number of piperidine rings is 1. The zero-order valence-corrected chi connectivity index (χ0v) is 14.9. The van der Waals surface area contributed by atoms with Crippen LogP contribution in [-0.4, -0.2) is 64.0 Å². The van der Waals surface area contributed by atoms with Crippen molar-refractivity contribution in [3.8, 4) is 11.3 Å². The first-order chi connectivity index (χ1) is 13.0. The average molecular weight is 371 g/mol. The lowest BCUT2D eigenvalue weighted by Crippen LogP contribution is -2.62. The summed E-state index contributed by atoms with van der Waals surface area (Å²) in [6.45, 7) is 3.04. The van der Waals surface area contributed by atoms with Crippen LogP contribution >= 0.6 is 0 Å². The van der Waals surface area contributed by atoms with Crippen molar-refractivity contribution in [2.24, 2.45) is 11.7 Å². The maximum atomic E-state index is 13.0. The Morgan fingerprint density at radius 1 is 1.15 bits per heavy atom. The summed E-state index contributed by atoms with van der Waals surface area (Å²) < 4.78 is 13.0. The smallest absolute Gasteiger partial charge is 0.271 e. The zero-order chi connectivity index (χ0) is 19.0. The van der Waals surface area contributed by atoms with E-state index < -0.39 is 0 Å². The summed E-state index contributed by atoms with van der Waals surface area (Å²) in [7, 11) is 0. The Kier molecular flexibility index (Phi) is 4.65. The number of benzene rings is 1. The molecule has 2 fully saturated rings. The van der Waals surface area contributed by atoms with Crippen LogP contribution in [0.5, 0.6) is 0 Å². The summed E-state index contributed by atoms with van der Waals surface area (Å²) >= 11 is 0. The van der Waals surface area contributed by atoms with Gasteiger partial charge in [0, 0.05) is 30.6 Å². The number of hydrogen-bond donors (Lipinski definition) is 2. The fourth-order valence-corrected chi connectivity index (χ4v) is 3.77. The number of aromatic nitrogens is 2. The Morgan fingerprint density at radius 2 is 1.81 bits per heavy atom. The summed E-state index contributed by atoms with van der Waals surface area (Å²) in [5, 5.41) is 6.94. The molecular weight excluding hydrogens is 349 g/mol. The number of nitrogens with two attached hydrogens (primary N) is 1. The first-order valence-electron chi connectivity index (χ1n) is 9.15. The van der Waals surface area contributed by atoms with E-state index in [2.05, 4.69) is 15.1 Å². The van der Waals surface area contributed by atoms with Crippen LogP contribution in [0.2, 0.25) is 0 Å². The number of aromatic amines is 1. The van der Waals surface area contributed by atoms with Crippen LogP contribution in [0.1, 0.15) is 23.3 Å². The maximum absolute atomic E-state index is 13.0. The molecule has 2 aliphatic rings. The van der Waals surface area contributed by atoms with Gasteiger partial charge in [-0.2, -0.15) is 5.10 Å². The highest BCUT2D eigenvalue weighted by Gasteiger charge is 2.37. The third kappa shape index (κ3) is 3.57. The lowest BCUT2D eigenvalue weighted by molar-refractivity contribution is -0.123. The molecule has 2 amide bonds. The molecule has 8 heteroatoms. The molecule has 2 aliphatic heterocycles. The summed E-state index contributed by atoms with van der Waals surface area (Å²) in [5.41, 5.74) is 7.18. The van der Waals surface area contributed by atoms with Gasteiger partial charge in [0.05, 0.1) is 5.69 Å². The maximum Gasteiger partial charge on any atom is 0.271 e. The second-order valence-corrected chi connectivity index (χ2v) is 7.25. The molecule has 0 atom stereocenters. The van der Waals surface area contributed by atoms with Crippen LogP contribution in [0.25, 0.3) is 11.3 Å². The third-order valence-corrected chi connectivity index (χ3v) is 5.55. The second kappa shape index (κ2) is 7.11. The summed E-state index contributed by atoms with van der Waals surface area (Å²) in [4.78, 5) is 28.0. The number of nitrogens with one attached hydrogen (secondary N) is 1. The first kappa shape index (κ1) is 17.7. The molecule has 0 saturated carbocycles. The van der Waals surface area contributed by atoms with Crippen molar-refractivity contribution in [2.75, 3.05) is 26.2 Å². The number of carbonyl (C=O) groups excluding carboxylic acids is 2. The van der Waals surface area contributed by atoms with Crippen molar-refractivity contribution in [2.45, 2.75) is 18.9 Å². The Balaban J connectivity index is 1.32. The van der Waals surface area contributed by atoms with E-state index in [4.69, 9.17) is 5.73 Å². The second-order valence-electron chi connectivity index (χ2n) is 7.25. The fraction of sp³-hybridized carbons (Fsp3) is 0.421. The van der Waals surface area contributed by atoms with Crippen molar-refractivity contribution < 1.29 is 14.0 Å². The molecular formula is C19H22FN5O2. The monoisotopic (exact) mass is 371 g/mol. The predicted octanol–water partition coefficient (Wildman–Crippen LogP) is 1.24. The van der Waals surface area contributed by atoms with Crippen LogP contribution in [0.3, 0.4) is 0 Å². The third-order valence-electron chi connectivity index (χ3n) is 5.55. The van der Waals surface area contributed by atoms with Gasteiger partial charge in [0.1, 0.15) is 11.5 Å². The molecule has 4 rings (SSSR count). The number of halogens is 1. The number of hydrogen-bond acceptors (Lipinski definition) is 4. The van der Waals surface area contributed by atoms with E-state index in [1.807, 2.05) is 0 Å². The molecule has 2 aromatic rings. The Bertz CT molecular complexity index is 836.